The van der Waals surface area contributed by atoms with Crippen LogP contribution in [0.3, 0.4) is 0 Å². The molecular weight excluding hydrogens is 257 g/mol. The number of hydrogen-bond acceptors (Lipinski definition) is 2. The number of halogens is 2. The molecule has 0 spiro atoms. The highest BCUT2D eigenvalue weighted by Gasteiger charge is 2.08. The van der Waals surface area contributed by atoms with E-state index in [1.54, 1.807) is 0 Å². The molecule has 2 nitrogen and oxygen atoms in total. The lowest BCUT2D eigenvalue weighted by atomic mass is 10.1. The van der Waals surface area contributed by atoms with Crippen molar-refractivity contribution in [3.05, 3.63) is 29.3 Å². The van der Waals surface area contributed by atoms with Crippen molar-refractivity contribution in [3.63, 3.8) is 0 Å². The molecule has 0 aliphatic carbocycles. The quantitative estimate of drug-likeness (QED) is 0.816. The van der Waals surface area contributed by atoms with Crippen LogP contribution in [0.4, 0.5) is 0 Å². The van der Waals surface area contributed by atoms with Crippen molar-refractivity contribution in [2.45, 2.75) is 32.3 Å². The van der Waals surface area contributed by atoms with E-state index >= 15 is 0 Å². The van der Waals surface area contributed by atoms with Gasteiger partial charge in [-0.2, -0.15) is 0 Å². The van der Waals surface area contributed by atoms with Crippen molar-refractivity contribution in [1.29, 1.82) is 0 Å². The molecule has 0 heterocycles. The van der Waals surface area contributed by atoms with E-state index in [4.69, 9.17) is 16.3 Å². The molecular formula is C13H21Cl2NO. The number of hydrogen-bond donors (Lipinski definition) is 1. The minimum atomic E-state index is 0. The van der Waals surface area contributed by atoms with E-state index in [2.05, 4.69) is 12.2 Å². The van der Waals surface area contributed by atoms with Gasteiger partial charge in [-0.05, 0) is 44.6 Å². The van der Waals surface area contributed by atoms with Crippen LogP contribution in [0.5, 0.6) is 5.75 Å². The van der Waals surface area contributed by atoms with Gasteiger partial charge in [0.15, 0.2) is 0 Å². The van der Waals surface area contributed by atoms with Gasteiger partial charge >= 0.3 is 0 Å². The van der Waals surface area contributed by atoms with E-state index in [1.807, 2.05) is 31.3 Å². The molecule has 1 unspecified atom stereocenters. The average molecular weight is 278 g/mol. The minimum Gasteiger partial charge on any atom is -0.490 e. The van der Waals surface area contributed by atoms with Crippen LogP contribution in [-0.2, 0) is 0 Å². The average Bonchev–Trinajstić information content (AvgIpc) is 2.26. The van der Waals surface area contributed by atoms with Gasteiger partial charge in [0, 0.05) is 5.02 Å². The molecule has 1 aromatic carbocycles. The summed E-state index contributed by atoms with van der Waals surface area (Å²) < 4.78 is 5.91. The largest absolute Gasteiger partial charge is 0.490 e. The predicted molar refractivity (Wildman–Crippen MR) is 76.6 cm³/mol. The molecule has 1 N–H and O–H groups in total. The first kappa shape index (κ1) is 16.6. The van der Waals surface area contributed by atoms with Gasteiger partial charge in [0.1, 0.15) is 5.75 Å². The molecule has 0 amide bonds. The van der Waals surface area contributed by atoms with Crippen molar-refractivity contribution < 1.29 is 4.74 Å². The van der Waals surface area contributed by atoms with Gasteiger partial charge in [-0.15, -0.1) is 12.4 Å². The van der Waals surface area contributed by atoms with Gasteiger partial charge < -0.3 is 10.1 Å². The molecule has 0 aromatic heterocycles. The summed E-state index contributed by atoms with van der Waals surface area (Å²) in [4.78, 5) is 0. The topological polar surface area (TPSA) is 21.3 Å². The van der Waals surface area contributed by atoms with E-state index in [0.717, 1.165) is 36.6 Å². The molecule has 0 aliphatic rings. The van der Waals surface area contributed by atoms with Crippen molar-refractivity contribution in [2.24, 2.45) is 0 Å². The summed E-state index contributed by atoms with van der Waals surface area (Å²) in [5.74, 6) is 0.863. The van der Waals surface area contributed by atoms with Crippen molar-refractivity contribution in [3.8, 4) is 5.75 Å². The Labute approximate surface area is 115 Å². The van der Waals surface area contributed by atoms with Crippen LogP contribution >= 0.6 is 24.0 Å². The van der Waals surface area contributed by atoms with Crippen LogP contribution in [-0.4, -0.2) is 19.7 Å². The maximum atomic E-state index is 5.92. The number of rotatable bonds is 7. The van der Waals surface area contributed by atoms with Crippen molar-refractivity contribution >= 4 is 24.0 Å². The molecule has 0 radical (unpaired) electrons. The summed E-state index contributed by atoms with van der Waals surface area (Å²) in [6, 6.07) is 7.59. The molecule has 0 saturated carbocycles. The summed E-state index contributed by atoms with van der Waals surface area (Å²) in [7, 11) is 1.96. The van der Waals surface area contributed by atoms with Crippen LogP contribution in [0.2, 0.25) is 5.02 Å². The maximum absolute atomic E-state index is 5.92. The van der Waals surface area contributed by atoms with Gasteiger partial charge in [-0.1, -0.05) is 31.0 Å². The molecule has 1 aromatic rings. The molecule has 17 heavy (non-hydrogen) atoms. The van der Waals surface area contributed by atoms with Crippen LogP contribution < -0.4 is 10.1 Å². The summed E-state index contributed by atoms with van der Waals surface area (Å²) in [5.41, 5.74) is 0. The first-order chi connectivity index (χ1) is 7.76. The maximum Gasteiger partial charge on any atom is 0.121 e. The Morgan fingerprint density at radius 1 is 1.35 bits per heavy atom. The summed E-state index contributed by atoms with van der Waals surface area (Å²) >= 11 is 5.92. The highest BCUT2D eigenvalue weighted by Crippen LogP contribution is 2.20. The fourth-order valence-corrected chi connectivity index (χ4v) is 1.80. The summed E-state index contributed by atoms with van der Waals surface area (Å²) in [6.07, 6.45) is 3.51. The first-order valence-corrected chi connectivity index (χ1v) is 6.21. The number of ether oxygens (including phenoxy) is 1. The van der Waals surface area contributed by atoms with Gasteiger partial charge in [-0.25, -0.2) is 0 Å². The van der Waals surface area contributed by atoms with E-state index < -0.39 is 0 Å². The Hall–Kier alpha value is -0.440. The van der Waals surface area contributed by atoms with Gasteiger partial charge in [0.05, 0.1) is 6.10 Å². The molecule has 1 rings (SSSR count). The zero-order valence-electron chi connectivity index (χ0n) is 10.4. The molecule has 0 bridgehead atoms. The molecule has 98 valence electrons. The third-order valence-corrected chi connectivity index (χ3v) is 2.66. The normalized spacial score (nSPS) is 11.7. The minimum absolute atomic E-state index is 0. The fourth-order valence-electron chi connectivity index (χ4n) is 1.62. The Bertz CT molecular complexity index is 307. The fraction of sp³-hybridized carbons (Fsp3) is 0.538. The van der Waals surface area contributed by atoms with Crippen molar-refractivity contribution in [1.82, 2.24) is 5.32 Å². The molecule has 0 fully saturated rings. The lowest BCUT2D eigenvalue weighted by Crippen LogP contribution is -2.22. The van der Waals surface area contributed by atoms with Crippen LogP contribution in [0.15, 0.2) is 24.3 Å². The lowest BCUT2D eigenvalue weighted by molar-refractivity contribution is 0.180. The SMILES string of the molecule is CCCC(CCNC)Oc1cccc(Cl)c1.Cl. The monoisotopic (exact) mass is 277 g/mol. The van der Waals surface area contributed by atoms with Gasteiger partial charge in [0.2, 0.25) is 0 Å². The zero-order valence-corrected chi connectivity index (χ0v) is 12.0. The standard InChI is InChI=1S/C13H20ClNO.ClH/c1-3-5-12(8-9-15-2)16-13-7-4-6-11(14)10-13;/h4,6-7,10,12,15H,3,5,8-9H2,1-2H3;1H. The third-order valence-electron chi connectivity index (χ3n) is 2.43. The van der Waals surface area contributed by atoms with Gasteiger partial charge in [0.25, 0.3) is 0 Å². The van der Waals surface area contributed by atoms with Crippen LogP contribution in [0.25, 0.3) is 0 Å². The predicted octanol–water partition coefficient (Wildman–Crippen LogP) is 3.92. The molecule has 0 aliphatic heterocycles. The third kappa shape index (κ3) is 6.77. The Kier molecular flexibility index (Phi) is 9.33. The van der Waals surface area contributed by atoms with E-state index in [1.165, 1.54) is 0 Å². The smallest absolute Gasteiger partial charge is 0.121 e. The van der Waals surface area contributed by atoms with E-state index in [0.29, 0.717) is 0 Å². The Morgan fingerprint density at radius 3 is 2.71 bits per heavy atom. The highest BCUT2D eigenvalue weighted by molar-refractivity contribution is 6.30. The molecule has 0 saturated heterocycles. The van der Waals surface area contributed by atoms with Crippen LogP contribution in [0.1, 0.15) is 26.2 Å². The second-order valence-corrected chi connectivity index (χ2v) is 4.31. The zero-order chi connectivity index (χ0) is 11.8. The number of benzene rings is 1. The van der Waals surface area contributed by atoms with Gasteiger partial charge in [-0.3, -0.25) is 0 Å². The van der Waals surface area contributed by atoms with Crippen LogP contribution in [0, 0.1) is 0 Å². The number of nitrogens with one attached hydrogen (secondary N) is 1. The molecule has 1 atom stereocenters. The summed E-state index contributed by atoms with van der Waals surface area (Å²) in [5, 5.41) is 3.87. The second-order valence-electron chi connectivity index (χ2n) is 3.88. The first-order valence-electron chi connectivity index (χ1n) is 5.83. The molecule has 4 heteroatoms. The van der Waals surface area contributed by atoms with E-state index in [9.17, 15) is 0 Å². The highest BCUT2D eigenvalue weighted by atomic mass is 35.5. The summed E-state index contributed by atoms with van der Waals surface area (Å²) in [6.45, 7) is 3.15. The Balaban J connectivity index is 0.00000256. The Morgan fingerprint density at radius 2 is 2.12 bits per heavy atom. The second kappa shape index (κ2) is 9.58. The van der Waals surface area contributed by atoms with Crippen molar-refractivity contribution in [2.75, 3.05) is 13.6 Å². The lowest BCUT2D eigenvalue weighted by Gasteiger charge is -2.18. The van der Waals surface area contributed by atoms with E-state index in [-0.39, 0.29) is 18.5 Å².